The molecule has 0 saturated carbocycles. The summed E-state index contributed by atoms with van der Waals surface area (Å²) >= 11 is 0. The molecule has 3 nitrogen and oxygen atoms in total. The van der Waals surface area contributed by atoms with Crippen LogP contribution in [0, 0.1) is 12.3 Å². The lowest BCUT2D eigenvalue weighted by Crippen LogP contribution is -2.52. The minimum atomic E-state index is -1.37. The number of hydrogen-bond donors (Lipinski definition) is 2. The van der Waals surface area contributed by atoms with E-state index < -0.39 is 11.4 Å². The maximum Gasteiger partial charge on any atom is 0.239 e. The molecule has 4 N–H and O–H groups in total. The number of Topliss-reactive ketones (excluding diaryl/α,β-unsaturated/α-hetero) is 1. The smallest absolute Gasteiger partial charge is 0.239 e. The Morgan fingerprint density at radius 1 is 1.75 bits per heavy atom. The van der Waals surface area contributed by atoms with E-state index in [1.807, 2.05) is 5.92 Å². The van der Waals surface area contributed by atoms with E-state index in [4.69, 9.17) is 17.9 Å². The highest BCUT2D eigenvalue weighted by Crippen LogP contribution is 1.86. The lowest BCUT2D eigenvalue weighted by molar-refractivity contribution is -0.117. The molecule has 0 aliphatic rings. The van der Waals surface area contributed by atoms with E-state index >= 15 is 0 Å². The minimum absolute atomic E-state index is 0.586. The zero-order valence-electron chi connectivity index (χ0n) is 4.64. The molecule has 0 rings (SSSR count). The highest BCUT2D eigenvalue weighted by Gasteiger charge is 2.19. The Labute approximate surface area is 48.0 Å². The van der Waals surface area contributed by atoms with Gasteiger partial charge >= 0.3 is 0 Å². The second-order valence-corrected chi connectivity index (χ2v) is 1.76. The Bertz CT molecular complexity index is 137. The van der Waals surface area contributed by atoms with Crippen LogP contribution in [0.5, 0.6) is 0 Å². The first kappa shape index (κ1) is 7.15. The van der Waals surface area contributed by atoms with Crippen LogP contribution in [0.25, 0.3) is 0 Å². The Kier molecular flexibility index (Phi) is 1.74. The van der Waals surface area contributed by atoms with Crippen molar-refractivity contribution < 1.29 is 4.79 Å². The van der Waals surface area contributed by atoms with Crippen LogP contribution in [0.1, 0.15) is 6.92 Å². The average molecular weight is 112 g/mol. The maximum absolute atomic E-state index is 10.3. The number of ketones is 1. The van der Waals surface area contributed by atoms with Crippen molar-refractivity contribution in [2.45, 2.75) is 12.6 Å². The third kappa shape index (κ3) is 1.73. The van der Waals surface area contributed by atoms with Gasteiger partial charge in [-0.05, 0) is 12.8 Å². The van der Waals surface area contributed by atoms with E-state index in [1.165, 1.54) is 6.92 Å². The van der Waals surface area contributed by atoms with Crippen LogP contribution in [0.4, 0.5) is 0 Å². The van der Waals surface area contributed by atoms with Gasteiger partial charge < -0.3 is 11.5 Å². The Balaban J connectivity index is 4.09. The lowest BCUT2D eigenvalue weighted by atomic mass is 10.1. The molecule has 0 fully saturated rings. The molecular weight excluding hydrogens is 104 g/mol. The van der Waals surface area contributed by atoms with Gasteiger partial charge in [0.25, 0.3) is 0 Å². The second-order valence-electron chi connectivity index (χ2n) is 1.76. The van der Waals surface area contributed by atoms with Crippen molar-refractivity contribution in [1.29, 1.82) is 0 Å². The van der Waals surface area contributed by atoms with Gasteiger partial charge in [0.05, 0.1) is 0 Å². The molecule has 0 heterocycles. The molecule has 0 aliphatic heterocycles. The molecular formula is C5H8N2O. The minimum Gasteiger partial charge on any atom is -0.307 e. The van der Waals surface area contributed by atoms with Crippen LogP contribution in [0.2, 0.25) is 0 Å². The predicted octanol–water partition coefficient (Wildman–Crippen LogP) is -1.18. The number of carbonyl (C=O) groups excluding carboxylic acids is 1. The second kappa shape index (κ2) is 1.95. The van der Waals surface area contributed by atoms with Crippen LogP contribution in [-0.2, 0) is 4.79 Å². The molecule has 0 unspecified atom stereocenters. The SMILES string of the molecule is C#CC(=O)C(C)(N)N. The topological polar surface area (TPSA) is 69.1 Å². The highest BCUT2D eigenvalue weighted by molar-refractivity contribution is 6.01. The molecule has 0 aromatic carbocycles. The van der Waals surface area contributed by atoms with Crippen LogP contribution in [0.15, 0.2) is 0 Å². The summed E-state index contributed by atoms with van der Waals surface area (Å²) in [6, 6.07) is 0. The summed E-state index contributed by atoms with van der Waals surface area (Å²) < 4.78 is 0. The first-order chi connectivity index (χ1) is 3.48. The standard InChI is InChI=1S/C5H8N2O/c1-3-4(8)5(2,6)7/h1H,6-7H2,2H3. The van der Waals surface area contributed by atoms with Gasteiger partial charge in [-0.15, -0.1) is 6.42 Å². The van der Waals surface area contributed by atoms with Crippen LogP contribution >= 0.6 is 0 Å². The van der Waals surface area contributed by atoms with Crippen molar-refractivity contribution in [3.8, 4) is 12.3 Å². The summed E-state index contributed by atoms with van der Waals surface area (Å²) in [5, 5.41) is 0. The fraction of sp³-hybridized carbons (Fsp3) is 0.400. The molecule has 0 saturated heterocycles. The third-order valence-corrected chi connectivity index (χ3v) is 0.620. The first-order valence-electron chi connectivity index (χ1n) is 2.07. The normalized spacial score (nSPS) is 10.2. The van der Waals surface area contributed by atoms with Crippen molar-refractivity contribution in [3.63, 3.8) is 0 Å². The Morgan fingerprint density at radius 3 is 2.12 bits per heavy atom. The summed E-state index contributed by atoms with van der Waals surface area (Å²) in [5.41, 5.74) is 8.78. The Hall–Kier alpha value is -0.850. The summed E-state index contributed by atoms with van der Waals surface area (Å²) in [5.74, 6) is 1.23. The molecule has 44 valence electrons. The number of nitrogens with two attached hydrogens (primary N) is 2. The zero-order valence-corrected chi connectivity index (χ0v) is 4.64. The van der Waals surface area contributed by atoms with Crippen molar-refractivity contribution in [1.82, 2.24) is 0 Å². The molecule has 8 heavy (non-hydrogen) atoms. The van der Waals surface area contributed by atoms with Gasteiger partial charge in [-0.3, -0.25) is 4.79 Å². The van der Waals surface area contributed by atoms with E-state index in [-0.39, 0.29) is 0 Å². The largest absolute Gasteiger partial charge is 0.307 e. The van der Waals surface area contributed by atoms with E-state index in [1.54, 1.807) is 0 Å². The predicted molar refractivity (Wildman–Crippen MR) is 30.6 cm³/mol. The number of rotatable bonds is 1. The molecule has 0 bridgehead atoms. The van der Waals surface area contributed by atoms with Crippen molar-refractivity contribution in [3.05, 3.63) is 0 Å². The van der Waals surface area contributed by atoms with Gasteiger partial charge in [-0.25, -0.2) is 0 Å². The fourth-order valence-corrected chi connectivity index (χ4v) is 0.156. The molecule has 0 aromatic heterocycles. The van der Waals surface area contributed by atoms with Crippen LogP contribution < -0.4 is 11.5 Å². The molecule has 0 aromatic rings. The fourth-order valence-electron chi connectivity index (χ4n) is 0.156. The first-order valence-corrected chi connectivity index (χ1v) is 2.07. The summed E-state index contributed by atoms with van der Waals surface area (Å²) in [7, 11) is 0. The van der Waals surface area contributed by atoms with Crippen molar-refractivity contribution in [2.75, 3.05) is 0 Å². The van der Waals surface area contributed by atoms with Gasteiger partial charge in [-0.1, -0.05) is 0 Å². The van der Waals surface area contributed by atoms with Gasteiger partial charge in [0.1, 0.15) is 5.66 Å². The molecule has 0 atom stereocenters. The summed E-state index contributed by atoms with van der Waals surface area (Å²) in [6.45, 7) is 1.36. The third-order valence-electron chi connectivity index (χ3n) is 0.620. The maximum atomic E-state index is 10.3. The summed E-state index contributed by atoms with van der Waals surface area (Å²) in [4.78, 5) is 10.3. The van der Waals surface area contributed by atoms with Gasteiger partial charge in [-0.2, -0.15) is 0 Å². The van der Waals surface area contributed by atoms with Crippen LogP contribution in [0.3, 0.4) is 0 Å². The molecule has 0 aliphatic carbocycles. The monoisotopic (exact) mass is 112 g/mol. The highest BCUT2D eigenvalue weighted by atomic mass is 16.1. The van der Waals surface area contributed by atoms with Gasteiger partial charge in [0.15, 0.2) is 0 Å². The number of terminal acetylenes is 1. The Morgan fingerprint density at radius 2 is 2.12 bits per heavy atom. The van der Waals surface area contributed by atoms with Gasteiger partial charge in [0, 0.05) is 0 Å². The molecule has 0 spiro atoms. The molecule has 3 heteroatoms. The van der Waals surface area contributed by atoms with E-state index in [2.05, 4.69) is 0 Å². The quantitative estimate of drug-likeness (QED) is 0.255. The van der Waals surface area contributed by atoms with Gasteiger partial charge in [0.2, 0.25) is 5.78 Å². The molecule has 0 amide bonds. The molecule has 0 radical (unpaired) electrons. The number of hydrogen-bond acceptors (Lipinski definition) is 3. The van der Waals surface area contributed by atoms with E-state index in [9.17, 15) is 4.79 Å². The van der Waals surface area contributed by atoms with E-state index in [0.29, 0.717) is 0 Å². The van der Waals surface area contributed by atoms with Crippen molar-refractivity contribution in [2.24, 2.45) is 11.5 Å². The van der Waals surface area contributed by atoms with E-state index in [0.717, 1.165) is 0 Å². The lowest BCUT2D eigenvalue weighted by Gasteiger charge is -2.10. The summed E-state index contributed by atoms with van der Waals surface area (Å²) in [6.07, 6.45) is 4.70. The average Bonchev–Trinajstić information content (AvgIpc) is 1.62. The van der Waals surface area contributed by atoms with Crippen LogP contribution in [-0.4, -0.2) is 11.4 Å². The number of carbonyl (C=O) groups is 1. The zero-order chi connectivity index (χ0) is 6.78. The van der Waals surface area contributed by atoms with Crippen molar-refractivity contribution >= 4 is 5.78 Å².